The number of likely N-dealkylation sites (tertiary alicyclic amines) is 1. The molecule has 0 atom stereocenters. The van der Waals surface area contributed by atoms with E-state index in [1.165, 1.54) is 25.9 Å². The average Bonchev–Trinajstić information content (AvgIpc) is 2.37. The molecule has 1 heterocycles. The third-order valence-corrected chi connectivity index (χ3v) is 5.03. The van der Waals surface area contributed by atoms with Gasteiger partial charge in [0.2, 0.25) is 5.91 Å². The number of piperidine rings is 1. The molecular formula is C15H29N3O. The quantitative estimate of drug-likeness (QED) is 0.787. The van der Waals surface area contributed by atoms with Crippen LogP contribution >= 0.6 is 0 Å². The van der Waals surface area contributed by atoms with Crippen molar-refractivity contribution in [2.75, 3.05) is 33.2 Å². The summed E-state index contributed by atoms with van der Waals surface area (Å²) in [5, 5.41) is 3.12. The first kappa shape index (κ1) is 14.8. The molecule has 110 valence electrons. The zero-order valence-corrected chi connectivity index (χ0v) is 12.5. The van der Waals surface area contributed by atoms with Crippen LogP contribution in [-0.2, 0) is 4.79 Å². The lowest BCUT2D eigenvalue weighted by Crippen LogP contribution is -2.53. The number of amides is 1. The van der Waals surface area contributed by atoms with Crippen molar-refractivity contribution in [3.8, 4) is 0 Å². The van der Waals surface area contributed by atoms with Gasteiger partial charge in [-0.3, -0.25) is 4.79 Å². The fourth-order valence-corrected chi connectivity index (χ4v) is 3.65. The van der Waals surface area contributed by atoms with Crippen LogP contribution in [0.15, 0.2) is 0 Å². The molecule has 4 nitrogen and oxygen atoms in total. The summed E-state index contributed by atoms with van der Waals surface area (Å²) in [6.45, 7) is 5.91. The normalized spacial score (nSPS) is 32.9. The Morgan fingerprint density at radius 2 is 2.00 bits per heavy atom. The van der Waals surface area contributed by atoms with E-state index in [0.717, 1.165) is 31.7 Å². The topological polar surface area (TPSA) is 58.4 Å². The first-order valence-electron chi connectivity index (χ1n) is 7.72. The summed E-state index contributed by atoms with van der Waals surface area (Å²) in [5.74, 6) is 1.63. The van der Waals surface area contributed by atoms with Gasteiger partial charge in [0, 0.05) is 13.1 Å². The Kier molecular flexibility index (Phi) is 4.85. The maximum absolute atomic E-state index is 12.2. The van der Waals surface area contributed by atoms with Crippen molar-refractivity contribution >= 4 is 5.91 Å². The molecule has 1 aliphatic carbocycles. The van der Waals surface area contributed by atoms with Crippen LogP contribution in [0.5, 0.6) is 0 Å². The van der Waals surface area contributed by atoms with Crippen molar-refractivity contribution in [2.24, 2.45) is 23.0 Å². The molecule has 19 heavy (non-hydrogen) atoms. The van der Waals surface area contributed by atoms with Crippen molar-refractivity contribution in [1.29, 1.82) is 0 Å². The van der Waals surface area contributed by atoms with Gasteiger partial charge in [-0.15, -0.1) is 0 Å². The second-order valence-corrected chi connectivity index (χ2v) is 6.79. The Morgan fingerprint density at radius 3 is 2.53 bits per heavy atom. The summed E-state index contributed by atoms with van der Waals surface area (Å²) >= 11 is 0. The molecule has 0 spiro atoms. The van der Waals surface area contributed by atoms with Crippen LogP contribution in [0.3, 0.4) is 0 Å². The van der Waals surface area contributed by atoms with E-state index < -0.39 is 0 Å². The molecule has 2 rings (SSSR count). The van der Waals surface area contributed by atoms with Crippen LogP contribution in [0.2, 0.25) is 0 Å². The van der Waals surface area contributed by atoms with E-state index in [1.807, 2.05) is 0 Å². The lowest BCUT2D eigenvalue weighted by atomic mass is 9.62. The van der Waals surface area contributed by atoms with E-state index in [9.17, 15) is 4.79 Å². The average molecular weight is 267 g/mol. The number of nitrogens with two attached hydrogens (primary N) is 1. The van der Waals surface area contributed by atoms with Crippen molar-refractivity contribution in [3.05, 3.63) is 0 Å². The second-order valence-electron chi connectivity index (χ2n) is 6.79. The summed E-state index contributed by atoms with van der Waals surface area (Å²) in [5.41, 5.74) is 5.55. The highest BCUT2D eigenvalue weighted by atomic mass is 16.2. The summed E-state index contributed by atoms with van der Waals surface area (Å²) in [6, 6.07) is 0. The van der Waals surface area contributed by atoms with Gasteiger partial charge < -0.3 is 16.0 Å². The van der Waals surface area contributed by atoms with E-state index in [1.54, 1.807) is 0 Å². The fraction of sp³-hybridized carbons (Fsp3) is 0.933. The molecule has 0 radical (unpaired) electrons. The zero-order chi connectivity index (χ0) is 13.9. The SMILES string of the molecule is CC1CC(CN)(C(=O)NCCC2CCN(C)CC2)C1. The van der Waals surface area contributed by atoms with E-state index in [-0.39, 0.29) is 11.3 Å². The molecule has 0 aromatic carbocycles. The van der Waals surface area contributed by atoms with Crippen molar-refractivity contribution in [2.45, 2.75) is 39.0 Å². The van der Waals surface area contributed by atoms with Crippen LogP contribution in [0.25, 0.3) is 0 Å². The number of carbonyl (C=O) groups excluding carboxylic acids is 1. The standard InChI is InChI=1S/C15H29N3O/c1-12-9-15(10-12,11-16)14(19)17-6-3-13-4-7-18(2)8-5-13/h12-13H,3-11,16H2,1-2H3,(H,17,19). The van der Waals surface area contributed by atoms with Crippen molar-refractivity contribution in [1.82, 2.24) is 10.2 Å². The van der Waals surface area contributed by atoms with Crippen LogP contribution < -0.4 is 11.1 Å². The first-order chi connectivity index (χ1) is 9.05. The molecule has 1 saturated heterocycles. The number of carbonyl (C=O) groups is 1. The van der Waals surface area contributed by atoms with E-state index in [4.69, 9.17) is 5.73 Å². The smallest absolute Gasteiger partial charge is 0.227 e. The molecule has 1 amide bonds. The van der Waals surface area contributed by atoms with Crippen molar-refractivity contribution < 1.29 is 4.79 Å². The zero-order valence-electron chi connectivity index (χ0n) is 12.5. The predicted molar refractivity (Wildman–Crippen MR) is 77.7 cm³/mol. The van der Waals surface area contributed by atoms with Gasteiger partial charge in [0.1, 0.15) is 0 Å². The van der Waals surface area contributed by atoms with Gasteiger partial charge in [-0.2, -0.15) is 0 Å². The highest BCUT2D eigenvalue weighted by Crippen LogP contribution is 2.44. The largest absolute Gasteiger partial charge is 0.356 e. The molecule has 2 fully saturated rings. The maximum Gasteiger partial charge on any atom is 0.227 e. The minimum absolute atomic E-state index is 0.195. The van der Waals surface area contributed by atoms with E-state index >= 15 is 0 Å². The summed E-state index contributed by atoms with van der Waals surface area (Å²) in [4.78, 5) is 14.6. The number of nitrogens with zero attached hydrogens (tertiary/aromatic N) is 1. The number of nitrogens with one attached hydrogen (secondary N) is 1. The number of hydrogen-bond donors (Lipinski definition) is 2. The van der Waals surface area contributed by atoms with Gasteiger partial charge in [-0.05, 0) is 64.1 Å². The van der Waals surface area contributed by atoms with Gasteiger partial charge in [-0.1, -0.05) is 6.92 Å². The molecule has 3 N–H and O–H groups in total. The Labute approximate surface area is 117 Å². The molecule has 0 aromatic heterocycles. The summed E-state index contributed by atoms with van der Waals surface area (Å²) < 4.78 is 0. The lowest BCUT2D eigenvalue weighted by molar-refractivity contribution is -0.138. The van der Waals surface area contributed by atoms with Gasteiger partial charge in [0.15, 0.2) is 0 Å². The lowest BCUT2D eigenvalue weighted by Gasteiger charge is -2.44. The van der Waals surface area contributed by atoms with Gasteiger partial charge >= 0.3 is 0 Å². The van der Waals surface area contributed by atoms with Crippen LogP contribution in [0.1, 0.15) is 39.0 Å². The van der Waals surface area contributed by atoms with Gasteiger partial charge in [-0.25, -0.2) is 0 Å². The third-order valence-electron chi connectivity index (χ3n) is 5.03. The minimum Gasteiger partial charge on any atom is -0.356 e. The highest BCUT2D eigenvalue weighted by molar-refractivity contribution is 5.83. The Hall–Kier alpha value is -0.610. The molecule has 4 heteroatoms. The Bertz CT molecular complexity index is 305. The molecule has 2 aliphatic rings. The molecule has 1 aliphatic heterocycles. The third kappa shape index (κ3) is 3.48. The molecule has 0 bridgehead atoms. The van der Waals surface area contributed by atoms with E-state index in [2.05, 4.69) is 24.2 Å². The highest BCUT2D eigenvalue weighted by Gasteiger charge is 2.46. The maximum atomic E-state index is 12.2. The van der Waals surface area contributed by atoms with Crippen molar-refractivity contribution in [3.63, 3.8) is 0 Å². The Balaban J connectivity index is 1.66. The Morgan fingerprint density at radius 1 is 1.37 bits per heavy atom. The fourth-order valence-electron chi connectivity index (χ4n) is 3.65. The minimum atomic E-state index is -0.244. The monoisotopic (exact) mass is 267 g/mol. The molecular weight excluding hydrogens is 238 g/mol. The molecule has 0 unspecified atom stereocenters. The summed E-state index contributed by atoms with van der Waals surface area (Å²) in [7, 11) is 2.18. The van der Waals surface area contributed by atoms with Crippen LogP contribution in [-0.4, -0.2) is 44.0 Å². The van der Waals surface area contributed by atoms with Gasteiger partial charge in [0.25, 0.3) is 0 Å². The number of hydrogen-bond acceptors (Lipinski definition) is 3. The second kappa shape index (κ2) is 6.23. The van der Waals surface area contributed by atoms with E-state index in [0.29, 0.717) is 12.5 Å². The summed E-state index contributed by atoms with van der Waals surface area (Å²) in [6.07, 6.45) is 5.58. The van der Waals surface area contributed by atoms with Crippen LogP contribution in [0.4, 0.5) is 0 Å². The molecule has 1 saturated carbocycles. The van der Waals surface area contributed by atoms with Gasteiger partial charge in [0.05, 0.1) is 5.41 Å². The first-order valence-corrected chi connectivity index (χ1v) is 7.72. The molecule has 0 aromatic rings. The number of rotatable bonds is 5. The van der Waals surface area contributed by atoms with Crippen LogP contribution in [0, 0.1) is 17.3 Å². The predicted octanol–water partition coefficient (Wildman–Crippen LogP) is 1.21.